The molecule has 1 atom stereocenters. The van der Waals surface area contributed by atoms with Crippen molar-refractivity contribution in [3.8, 4) is 5.75 Å². The van der Waals surface area contributed by atoms with Gasteiger partial charge < -0.3 is 4.74 Å². The molecule has 1 aromatic heterocycles. The van der Waals surface area contributed by atoms with Crippen LogP contribution in [0.15, 0.2) is 55.1 Å². The topological polar surface area (TPSA) is 57.0 Å². The van der Waals surface area contributed by atoms with Gasteiger partial charge in [0, 0.05) is 5.39 Å². The quantitative estimate of drug-likeness (QED) is 0.567. The van der Waals surface area contributed by atoms with Gasteiger partial charge in [0.1, 0.15) is 18.4 Å². The van der Waals surface area contributed by atoms with Crippen molar-refractivity contribution in [1.82, 2.24) is 14.8 Å². The van der Waals surface area contributed by atoms with Crippen LogP contribution in [0, 0.1) is 63.7 Å². The number of nitrogens with zero attached hydrogens (tertiary/aromatic N) is 3. The molecular weight excluding hydrogens is 418 g/mol. The van der Waals surface area contributed by atoms with Crippen molar-refractivity contribution in [2.75, 3.05) is 0 Å². The van der Waals surface area contributed by atoms with E-state index in [1.54, 1.807) is 12.8 Å². The van der Waals surface area contributed by atoms with Crippen LogP contribution < -0.4 is 4.74 Å². The van der Waals surface area contributed by atoms with Crippen molar-refractivity contribution in [3.05, 3.63) is 119 Å². The first kappa shape index (κ1) is 22.5. The predicted molar refractivity (Wildman–Crippen MR) is 111 cm³/mol. The number of benzene rings is 2. The van der Waals surface area contributed by atoms with E-state index < -0.39 is 6.23 Å². The Hall–Kier alpha value is -2.17. The van der Waals surface area contributed by atoms with Gasteiger partial charge in [-0.3, -0.25) is 4.79 Å². The summed E-state index contributed by atoms with van der Waals surface area (Å²) in [6, 6.07) is 13.6. The van der Waals surface area contributed by atoms with E-state index in [2.05, 4.69) is 10.1 Å². The van der Waals surface area contributed by atoms with Crippen molar-refractivity contribution in [3.63, 3.8) is 0 Å². The number of hydrogen-bond donors (Lipinski definition) is 0. The number of hydrogen-bond acceptors (Lipinski definition) is 4. The largest absolute Gasteiger partial charge is 2.00 e. The van der Waals surface area contributed by atoms with Crippen LogP contribution in [-0.4, -0.2) is 20.5 Å². The number of ketones is 1. The van der Waals surface area contributed by atoms with Gasteiger partial charge in [-0.15, -0.1) is 0 Å². The van der Waals surface area contributed by atoms with Gasteiger partial charge in [-0.05, 0) is 69.2 Å². The molecule has 6 heteroatoms. The molecule has 0 bridgehead atoms. The molecular formula is C24H19FeN3O2+2. The van der Waals surface area contributed by atoms with Crippen molar-refractivity contribution in [2.45, 2.75) is 6.23 Å². The van der Waals surface area contributed by atoms with Gasteiger partial charge in [0.2, 0.25) is 5.78 Å². The summed E-state index contributed by atoms with van der Waals surface area (Å²) in [5.41, 5.74) is 0. The molecule has 0 aliphatic heterocycles. The van der Waals surface area contributed by atoms with Crippen LogP contribution in [0.1, 0.15) is 6.23 Å². The summed E-state index contributed by atoms with van der Waals surface area (Å²) in [5.74, 6) is 1.04. The molecule has 5 nitrogen and oxygen atoms in total. The molecule has 2 aromatic carbocycles. The molecule has 2 aliphatic rings. The fourth-order valence-corrected chi connectivity index (χ4v) is 2.99. The summed E-state index contributed by atoms with van der Waals surface area (Å²) >= 11 is 0. The Morgan fingerprint density at radius 1 is 0.867 bits per heavy atom. The molecule has 2 saturated carbocycles. The van der Waals surface area contributed by atoms with Gasteiger partial charge in [0.05, 0.1) is 5.92 Å². The summed E-state index contributed by atoms with van der Waals surface area (Å²) in [5, 5.41) is 6.08. The maximum absolute atomic E-state index is 12.8. The minimum absolute atomic E-state index is 0. The molecule has 1 heterocycles. The summed E-state index contributed by atoms with van der Waals surface area (Å²) in [6.45, 7) is 0. The number of carbonyl (C=O) groups excluding carboxylic acids is 1. The van der Waals surface area contributed by atoms with Gasteiger partial charge >= 0.3 is 17.1 Å². The zero-order valence-electron chi connectivity index (χ0n) is 16.0. The number of aromatic nitrogens is 3. The molecule has 1 unspecified atom stereocenters. The summed E-state index contributed by atoms with van der Waals surface area (Å²) < 4.78 is 7.50. The second-order valence-corrected chi connectivity index (χ2v) is 6.32. The second-order valence-electron chi connectivity index (χ2n) is 6.32. The first-order valence-electron chi connectivity index (χ1n) is 9.24. The maximum Gasteiger partial charge on any atom is 2.00 e. The standard InChI is InChI=1S/C19H14N3O2.C5H5.Fe/c23-18(15-7-1-2-8-15)19(22-13-20-12-21-22)24-17-11-5-9-14-6-3-4-10-16(14)17;1-2-4-5-3-1;/h1-13,19H;1-5H;/q;;+2. The Labute approximate surface area is 188 Å². The molecule has 30 heavy (non-hydrogen) atoms. The minimum atomic E-state index is -0.902. The Morgan fingerprint density at radius 3 is 2.20 bits per heavy atom. The monoisotopic (exact) mass is 437 g/mol. The van der Waals surface area contributed by atoms with Crippen LogP contribution >= 0.6 is 0 Å². The molecule has 3 aromatic rings. The fourth-order valence-electron chi connectivity index (χ4n) is 2.99. The zero-order valence-corrected chi connectivity index (χ0v) is 17.1. The molecule has 0 amide bonds. The average Bonchev–Trinajstić information content (AvgIpc) is 3.55. The Bertz CT molecular complexity index is 906. The van der Waals surface area contributed by atoms with Crippen LogP contribution in [0.2, 0.25) is 0 Å². The van der Waals surface area contributed by atoms with Crippen molar-refractivity contribution in [1.29, 1.82) is 0 Å². The Morgan fingerprint density at radius 2 is 1.53 bits per heavy atom. The molecule has 0 spiro atoms. The van der Waals surface area contributed by atoms with E-state index >= 15 is 0 Å². The number of fused-ring (bicyclic) bond motifs is 1. The molecule has 148 valence electrons. The predicted octanol–water partition coefficient (Wildman–Crippen LogP) is 4.00. The molecule has 2 aliphatic carbocycles. The van der Waals surface area contributed by atoms with Gasteiger partial charge in [-0.2, -0.15) is 5.10 Å². The maximum atomic E-state index is 12.8. The van der Waals surface area contributed by atoms with Crippen LogP contribution in [0.5, 0.6) is 5.75 Å². The van der Waals surface area contributed by atoms with Gasteiger partial charge in [0.25, 0.3) is 6.23 Å². The Balaban J connectivity index is 0.000000376. The van der Waals surface area contributed by atoms with Gasteiger partial charge in [-0.1, -0.05) is 36.4 Å². The molecule has 0 N–H and O–H groups in total. The SMILES string of the molecule is O=C([C]1[CH][CH][CH][CH]1)C(Oc1cccc2ccccc12)n1cncn1.[CH]1[CH][CH][CH][CH]1.[Fe+2]. The van der Waals surface area contributed by atoms with Crippen molar-refractivity contribution in [2.24, 2.45) is 0 Å². The normalized spacial score (nSPS) is 17.1. The minimum Gasteiger partial charge on any atom is -0.461 e. The fraction of sp³-hybridized carbons (Fsp3) is 0.0417. The van der Waals surface area contributed by atoms with E-state index in [4.69, 9.17) is 4.74 Å². The van der Waals surface area contributed by atoms with E-state index in [1.165, 1.54) is 17.3 Å². The van der Waals surface area contributed by atoms with Crippen LogP contribution in [0.4, 0.5) is 0 Å². The second kappa shape index (κ2) is 11.3. The summed E-state index contributed by atoms with van der Waals surface area (Å²) in [4.78, 5) is 16.8. The van der Waals surface area contributed by atoms with Crippen LogP contribution in [-0.2, 0) is 21.9 Å². The third-order valence-corrected chi connectivity index (χ3v) is 4.39. The molecule has 0 saturated heterocycles. The van der Waals surface area contributed by atoms with E-state index in [9.17, 15) is 4.79 Å². The van der Waals surface area contributed by atoms with Gasteiger partial charge in [-0.25, -0.2) is 9.67 Å². The van der Waals surface area contributed by atoms with E-state index in [0.29, 0.717) is 11.7 Å². The van der Waals surface area contributed by atoms with E-state index in [0.717, 1.165) is 10.8 Å². The average molecular weight is 437 g/mol. The third-order valence-electron chi connectivity index (χ3n) is 4.39. The smallest absolute Gasteiger partial charge is 0.461 e. The van der Waals surface area contributed by atoms with E-state index in [1.807, 2.05) is 87.4 Å². The van der Waals surface area contributed by atoms with Crippen LogP contribution in [0.25, 0.3) is 10.8 Å². The van der Waals surface area contributed by atoms with E-state index in [-0.39, 0.29) is 22.9 Å². The number of Topliss-reactive ketones (excluding diaryl/α,β-unsaturated/α-hetero) is 1. The van der Waals surface area contributed by atoms with Crippen LogP contribution in [0.3, 0.4) is 0 Å². The molecule has 2 fully saturated rings. The first-order chi connectivity index (χ1) is 14.3. The zero-order chi connectivity index (χ0) is 19.9. The summed E-state index contributed by atoms with van der Waals surface area (Å²) in [7, 11) is 0. The molecule has 5 rings (SSSR count). The number of rotatable bonds is 5. The Kier molecular flexibility index (Phi) is 8.47. The molecule has 10 radical (unpaired) electrons. The summed E-state index contributed by atoms with van der Waals surface area (Å²) in [6.07, 6.45) is 19.1. The third kappa shape index (κ3) is 5.50. The number of ether oxygens (including phenoxy) is 1. The van der Waals surface area contributed by atoms with Gasteiger partial charge in [0.15, 0.2) is 0 Å². The first-order valence-corrected chi connectivity index (χ1v) is 9.24. The number of carbonyl (C=O) groups is 1. The van der Waals surface area contributed by atoms with Crippen molar-refractivity contribution >= 4 is 16.6 Å². The van der Waals surface area contributed by atoms with Crippen molar-refractivity contribution < 1.29 is 26.6 Å².